The Bertz CT molecular complexity index is 858. The van der Waals surface area contributed by atoms with E-state index in [2.05, 4.69) is 5.32 Å². The second-order valence-electron chi connectivity index (χ2n) is 6.85. The molecule has 1 saturated carbocycles. The molecule has 0 heterocycles. The van der Waals surface area contributed by atoms with E-state index < -0.39 is 15.1 Å². The normalized spacial score (nSPS) is 15.3. The largest absolute Gasteiger partial charge is 0.378 e. The van der Waals surface area contributed by atoms with Gasteiger partial charge in [0.1, 0.15) is 5.25 Å². The van der Waals surface area contributed by atoms with Crippen LogP contribution < -0.4 is 10.2 Å². The molecule has 2 aromatic carbocycles. The third-order valence-electron chi connectivity index (χ3n) is 4.64. The molecule has 1 N–H and O–H groups in total. The van der Waals surface area contributed by atoms with E-state index in [-0.39, 0.29) is 23.3 Å². The Morgan fingerprint density at radius 3 is 2.23 bits per heavy atom. The number of amides is 1. The topological polar surface area (TPSA) is 66.5 Å². The van der Waals surface area contributed by atoms with E-state index in [0.29, 0.717) is 5.56 Å². The molecule has 0 spiro atoms. The predicted molar refractivity (Wildman–Crippen MR) is 103 cm³/mol. The van der Waals surface area contributed by atoms with Gasteiger partial charge in [-0.2, -0.15) is 0 Å². The first-order valence-corrected chi connectivity index (χ1v) is 10.3. The second kappa shape index (κ2) is 7.50. The van der Waals surface area contributed by atoms with E-state index in [0.717, 1.165) is 18.5 Å². The van der Waals surface area contributed by atoms with Crippen molar-refractivity contribution in [3.63, 3.8) is 0 Å². The van der Waals surface area contributed by atoms with Crippen molar-refractivity contribution in [3.8, 4) is 0 Å². The zero-order valence-electron chi connectivity index (χ0n) is 15.1. The fourth-order valence-corrected chi connectivity index (χ4v) is 4.53. The molecule has 0 unspecified atom stereocenters. The van der Waals surface area contributed by atoms with Crippen molar-refractivity contribution in [2.75, 3.05) is 25.5 Å². The van der Waals surface area contributed by atoms with Crippen LogP contribution in [0.5, 0.6) is 0 Å². The molecule has 0 bridgehead atoms. The van der Waals surface area contributed by atoms with Crippen molar-refractivity contribution in [2.45, 2.75) is 23.0 Å². The molecule has 5 nitrogen and oxygen atoms in total. The van der Waals surface area contributed by atoms with Crippen molar-refractivity contribution in [3.05, 3.63) is 60.2 Å². The summed E-state index contributed by atoms with van der Waals surface area (Å²) in [5.41, 5.74) is 1.67. The number of rotatable bonds is 7. The maximum atomic E-state index is 13.2. The molecular formula is C20H24N2O3S. The molecule has 0 radical (unpaired) electrons. The Balaban J connectivity index is 1.91. The van der Waals surface area contributed by atoms with Crippen LogP contribution in [-0.4, -0.2) is 35.0 Å². The van der Waals surface area contributed by atoms with Crippen molar-refractivity contribution in [1.29, 1.82) is 0 Å². The number of carbonyl (C=O) groups excluding carboxylic acids is 1. The molecule has 0 aliphatic heterocycles. The fraction of sp³-hybridized carbons (Fsp3) is 0.350. The molecule has 1 aliphatic carbocycles. The first-order valence-electron chi connectivity index (χ1n) is 8.73. The maximum absolute atomic E-state index is 13.2. The molecule has 26 heavy (non-hydrogen) atoms. The van der Waals surface area contributed by atoms with Gasteiger partial charge in [-0.1, -0.05) is 30.3 Å². The van der Waals surface area contributed by atoms with Crippen molar-refractivity contribution in [2.24, 2.45) is 5.92 Å². The average Bonchev–Trinajstić information content (AvgIpc) is 3.48. The van der Waals surface area contributed by atoms with Gasteiger partial charge in [-0.15, -0.1) is 0 Å². The number of hydrogen-bond acceptors (Lipinski definition) is 4. The Hall–Kier alpha value is -2.34. The number of hydrogen-bond donors (Lipinski definition) is 1. The summed E-state index contributed by atoms with van der Waals surface area (Å²) in [5.74, 6) is -0.00521. The highest BCUT2D eigenvalue weighted by atomic mass is 32.2. The lowest BCUT2D eigenvalue weighted by molar-refractivity contribution is -0.122. The highest BCUT2D eigenvalue weighted by molar-refractivity contribution is 7.91. The zero-order valence-corrected chi connectivity index (χ0v) is 15.9. The SMILES string of the molecule is CN(C)c1ccc([C@@H](CNC(=O)C2CC2)S(=O)(=O)c2ccccc2)cc1. The van der Waals surface area contributed by atoms with Crippen LogP contribution in [-0.2, 0) is 14.6 Å². The summed E-state index contributed by atoms with van der Waals surface area (Å²) >= 11 is 0. The third-order valence-corrected chi connectivity index (χ3v) is 6.75. The third kappa shape index (κ3) is 4.07. The molecule has 1 aliphatic rings. The standard InChI is InChI=1S/C20H24N2O3S/c1-22(2)17-12-10-15(11-13-17)19(14-21-20(23)16-8-9-16)26(24,25)18-6-4-3-5-7-18/h3-7,10-13,16,19H,8-9,14H2,1-2H3,(H,21,23)/t19-/m1/s1. The molecular weight excluding hydrogens is 348 g/mol. The molecule has 0 saturated heterocycles. The lowest BCUT2D eigenvalue weighted by Gasteiger charge is -2.20. The smallest absolute Gasteiger partial charge is 0.223 e. The Kier molecular flexibility index (Phi) is 5.32. The molecule has 1 fully saturated rings. The summed E-state index contributed by atoms with van der Waals surface area (Å²) in [6, 6.07) is 15.8. The number of nitrogens with zero attached hydrogens (tertiary/aromatic N) is 1. The summed E-state index contributed by atoms with van der Waals surface area (Å²) in [6.45, 7) is 0.0773. The van der Waals surface area contributed by atoms with Gasteiger partial charge in [-0.25, -0.2) is 8.42 Å². The Morgan fingerprint density at radius 1 is 1.08 bits per heavy atom. The number of sulfone groups is 1. The monoisotopic (exact) mass is 372 g/mol. The van der Waals surface area contributed by atoms with Gasteiger partial charge in [0, 0.05) is 32.2 Å². The summed E-state index contributed by atoms with van der Waals surface area (Å²) in [7, 11) is 0.251. The fourth-order valence-electron chi connectivity index (χ4n) is 2.85. The summed E-state index contributed by atoms with van der Waals surface area (Å²) < 4.78 is 26.4. The average molecular weight is 372 g/mol. The summed E-state index contributed by atoms with van der Waals surface area (Å²) in [6.07, 6.45) is 1.78. The van der Waals surface area contributed by atoms with Gasteiger partial charge >= 0.3 is 0 Å². The maximum Gasteiger partial charge on any atom is 0.223 e. The quantitative estimate of drug-likeness (QED) is 0.812. The van der Waals surface area contributed by atoms with Crippen LogP contribution in [0.2, 0.25) is 0 Å². The predicted octanol–water partition coefficient (Wildman–Crippen LogP) is 2.79. The van der Waals surface area contributed by atoms with Crippen molar-refractivity contribution < 1.29 is 13.2 Å². The van der Waals surface area contributed by atoms with Crippen molar-refractivity contribution in [1.82, 2.24) is 5.32 Å². The van der Waals surface area contributed by atoms with Gasteiger partial charge in [0.05, 0.1) is 4.90 Å². The van der Waals surface area contributed by atoms with E-state index in [1.807, 2.05) is 43.3 Å². The van der Waals surface area contributed by atoms with Gasteiger partial charge in [-0.05, 0) is 42.7 Å². The molecule has 0 aromatic heterocycles. The Morgan fingerprint density at radius 2 is 1.69 bits per heavy atom. The van der Waals surface area contributed by atoms with Crippen LogP contribution in [0.1, 0.15) is 23.7 Å². The summed E-state index contributed by atoms with van der Waals surface area (Å²) in [4.78, 5) is 14.3. The van der Waals surface area contributed by atoms with Crippen LogP contribution in [0.3, 0.4) is 0 Å². The van der Waals surface area contributed by atoms with Gasteiger partial charge in [0.15, 0.2) is 9.84 Å². The van der Waals surface area contributed by atoms with Gasteiger partial charge in [-0.3, -0.25) is 4.79 Å². The van der Waals surface area contributed by atoms with E-state index >= 15 is 0 Å². The highest BCUT2D eigenvalue weighted by Gasteiger charge is 2.33. The lowest BCUT2D eigenvalue weighted by Crippen LogP contribution is -2.32. The molecule has 3 rings (SSSR count). The number of anilines is 1. The van der Waals surface area contributed by atoms with E-state index in [9.17, 15) is 13.2 Å². The highest BCUT2D eigenvalue weighted by Crippen LogP contribution is 2.31. The van der Waals surface area contributed by atoms with Crippen molar-refractivity contribution >= 4 is 21.4 Å². The molecule has 1 amide bonds. The minimum atomic E-state index is -3.62. The minimum absolute atomic E-state index is 0.0474. The van der Waals surface area contributed by atoms with E-state index in [1.165, 1.54) is 0 Å². The van der Waals surface area contributed by atoms with Crippen LogP contribution in [0, 0.1) is 5.92 Å². The number of benzene rings is 2. The molecule has 1 atom stereocenters. The van der Waals surface area contributed by atoms with Crippen LogP contribution in [0.4, 0.5) is 5.69 Å². The number of carbonyl (C=O) groups is 1. The van der Waals surface area contributed by atoms with Gasteiger partial charge < -0.3 is 10.2 Å². The molecule has 6 heteroatoms. The molecule has 2 aromatic rings. The van der Waals surface area contributed by atoms with E-state index in [1.54, 1.807) is 30.3 Å². The van der Waals surface area contributed by atoms with E-state index in [4.69, 9.17) is 0 Å². The number of nitrogens with one attached hydrogen (secondary N) is 1. The summed E-state index contributed by atoms with van der Waals surface area (Å²) in [5, 5.41) is 2.01. The van der Waals surface area contributed by atoms with Crippen LogP contribution in [0.15, 0.2) is 59.5 Å². The minimum Gasteiger partial charge on any atom is -0.378 e. The first-order chi connectivity index (χ1) is 12.4. The zero-order chi connectivity index (χ0) is 18.7. The molecule has 138 valence electrons. The Labute approximate surface area is 154 Å². The second-order valence-corrected chi connectivity index (χ2v) is 8.98. The lowest BCUT2D eigenvalue weighted by atomic mass is 10.1. The first kappa shape index (κ1) is 18.5. The van der Waals surface area contributed by atoms with Crippen LogP contribution >= 0.6 is 0 Å². The van der Waals surface area contributed by atoms with Gasteiger partial charge in [0.2, 0.25) is 5.91 Å². The van der Waals surface area contributed by atoms with Gasteiger partial charge in [0.25, 0.3) is 0 Å². The van der Waals surface area contributed by atoms with Crippen LogP contribution in [0.25, 0.3) is 0 Å².